The predicted molar refractivity (Wildman–Crippen MR) is 108 cm³/mol. The Morgan fingerprint density at radius 3 is 2.44 bits per heavy atom. The van der Waals surface area contributed by atoms with Crippen LogP contribution < -0.4 is 5.32 Å². The van der Waals surface area contributed by atoms with Gasteiger partial charge in [-0.3, -0.25) is 4.79 Å². The first-order valence-corrected chi connectivity index (χ1v) is 8.92. The third-order valence-corrected chi connectivity index (χ3v) is 4.31. The molecule has 1 amide bonds. The van der Waals surface area contributed by atoms with E-state index in [-0.39, 0.29) is 5.91 Å². The molecule has 0 spiro atoms. The number of benzene rings is 2. The minimum atomic E-state index is -0.131. The van der Waals surface area contributed by atoms with Crippen molar-refractivity contribution in [3.63, 3.8) is 0 Å². The maximum absolute atomic E-state index is 12.8. The number of carbonyl (C=O) groups is 1. The molecule has 0 aliphatic carbocycles. The van der Waals surface area contributed by atoms with Gasteiger partial charge in [-0.2, -0.15) is 0 Å². The second-order valence-corrected chi connectivity index (χ2v) is 6.78. The molecule has 0 unspecified atom stereocenters. The zero-order chi connectivity index (χ0) is 19.4. The van der Waals surface area contributed by atoms with Crippen molar-refractivity contribution in [2.45, 2.75) is 27.3 Å². The van der Waals surface area contributed by atoms with Gasteiger partial charge in [0.05, 0.1) is 0 Å². The standard InChI is InChI=1S/C22H24N4O/c1-15-10-11-19(16(2)12-15)25-21-13-20(23-17(3)24-21)22(27)26(4)14-18-8-6-5-7-9-18/h5-13H,14H2,1-4H3,(H,23,24,25). The number of rotatable bonds is 5. The van der Waals surface area contributed by atoms with E-state index in [1.165, 1.54) is 5.56 Å². The summed E-state index contributed by atoms with van der Waals surface area (Å²) in [4.78, 5) is 23.2. The molecule has 0 radical (unpaired) electrons. The first kappa shape index (κ1) is 18.6. The average molecular weight is 360 g/mol. The second-order valence-electron chi connectivity index (χ2n) is 6.78. The largest absolute Gasteiger partial charge is 0.340 e. The van der Waals surface area contributed by atoms with Gasteiger partial charge in [0.1, 0.15) is 17.3 Å². The molecule has 0 aliphatic rings. The lowest BCUT2D eigenvalue weighted by Gasteiger charge is -2.18. The van der Waals surface area contributed by atoms with Crippen molar-refractivity contribution >= 4 is 17.4 Å². The molecule has 138 valence electrons. The highest BCUT2D eigenvalue weighted by atomic mass is 16.2. The molecule has 1 N–H and O–H groups in total. The maximum atomic E-state index is 12.8. The SMILES string of the molecule is Cc1ccc(Nc2cc(C(=O)N(C)Cc3ccccc3)nc(C)n2)c(C)c1. The fourth-order valence-corrected chi connectivity index (χ4v) is 2.96. The summed E-state index contributed by atoms with van der Waals surface area (Å²) in [6.45, 7) is 6.43. The van der Waals surface area contributed by atoms with Crippen LogP contribution in [-0.2, 0) is 6.54 Å². The van der Waals surface area contributed by atoms with Crippen molar-refractivity contribution in [3.05, 3.63) is 82.8 Å². The van der Waals surface area contributed by atoms with Crippen molar-refractivity contribution in [2.24, 2.45) is 0 Å². The van der Waals surface area contributed by atoms with Gasteiger partial charge in [-0.1, -0.05) is 48.0 Å². The van der Waals surface area contributed by atoms with E-state index in [0.717, 1.165) is 16.8 Å². The second kappa shape index (κ2) is 7.99. The number of hydrogen-bond acceptors (Lipinski definition) is 4. The van der Waals surface area contributed by atoms with E-state index >= 15 is 0 Å². The van der Waals surface area contributed by atoms with Crippen molar-refractivity contribution < 1.29 is 4.79 Å². The van der Waals surface area contributed by atoms with Crippen LogP contribution in [0.25, 0.3) is 0 Å². The Labute approximate surface area is 160 Å². The van der Waals surface area contributed by atoms with Crippen LogP contribution in [0.4, 0.5) is 11.5 Å². The number of aromatic nitrogens is 2. The lowest BCUT2D eigenvalue weighted by Crippen LogP contribution is -2.27. The molecule has 1 heterocycles. The van der Waals surface area contributed by atoms with Gasteiger partial charge < -0.3 is 10.2 Å². The number of anilines is 2. The highest BCUT2D eigenvalue weighted by Gasteiger charge is 2.16. The Bertz CT molecular complexity index is 954. The van der Waals surface area contributed by atoms with Gasteiger partial charge in [0, 0.05) is 25.3 Å². The molecule has 0 saturated heterocycles. The molecule has 3 rings (SSSR count). The van der Waals surface area contributed by atoms with Gasteiger partial charge in [-0.25, -0.2) is 9.97 Å². The molecule has 3 aromatic rings. The van der Waals surface area contributed by atoms with Gasteiger partial charge in [0.25, 0.3) is 5.91 Å². The van der Waals surface area contributed by atoms with E-state index in [1.54, 1.807) is 24.9 Å². The molecule has 2 aromatic carbocycles. The summed E-state index contributed by atoms with van der Waals surface area (Å²) in [5.74, 6) is 1.04. The molecule has 5 heteroatoms. The van der Waals surface area contributed by atoms with Gasteiger partial charge >= 0.3 is 0 Å². The van der Waals surface area contributed by atoms with E-state index in [0.29, 0.717) is 23.9 Å². The summed E-state index contributed by atoms with van der Waals surface area (Å²) in [5.41, 5.74) is 4.76. The maximum Gasteiger partial charge on any atom is 0.272 e. The van der Waals surface area contributed by atoms with Crippen LogP contribution in [0.5, 0.6) is 0 Å². The first-order valence-electron chi connectivity index (χ1n) is 8.92. The molecule has 0 bridgehead atoms. The van der Waals surface area contributed by atoms with Crippen LogP contribution in [0.3, 0.4) is 0 Å². The quantitative estimate of drug-likeness (QED) is 0.732. The highest BCUT2D eigenvalue weighted by molar-refractivity contribution is 5.93. The van der Waals surface area contributed by atoms with Crippen LogP contribution in [0.15, 0.2) is 54.6 Å². The first-order chi connectivity index (χ1) is 12.9. The number of nitrogens with one attached hydrogen (secondary N) is 1. The molecule has 0 aliphatic heterocycles. The normalized spacial score (nSPS) is 10.5. The fourth-order valence-electron chi connectivity index (χ4n) is 2.96. The van der Waals surface area contributed by atoms with E-state index in [1.807, 2.05) is 49.4 Å². The van der Waals surface area contributed by atoms with Crippen molar-refractivity contribution in [1.29, 1.82) is 0 Å². The Morgan fingerprint density at radius 2 is 1.74 bits per heavy atom. The van der Waals surface area contributed by atoms with Crippen LogP contribution in [0, 0.1) is 20.8 Å². The van der Waals surface area contributed by atoms with Gasteiger partial charge in [-0.15, -0.1) is 0 Å². The zero-order valence-corrected chi connectivity index (χ0v) is 16.2. The summed E-state index contributed by atoms with van der Waals surface area (Å²) in [6, 6.07) is 17.8. The summed E-state index contributed by atoms with van der Waals surface area (Å²) in [6.07, 6.45) is 0. The minimum Gasteiger partial charge on any atom is -0.340 e. The Balaban J connectivity index is 1.80. The van der Waals surface area contributed by atoms with E-state index in [2.05, 4.69) is 28.3 Å². The lowest BCUT2D eigenvalue weighted by atomic mass is 10.1. The molecular formula is C22H24N4O. The monoisotopic (exact) mass is 360 g/mol. The number of nitrogens with zero attached hydrogens (tertiary/aromatic N) is 3. The molecule has 27 heavy (non-hydrogen) atoms. The number of hydrogen-bond donors (Lipinski definition) is 1. The number of aryl methyl sites for hydroxylation is 3. The third-order valence-electron chi connectivity index (χ3n) is 4.31. The van der Waals surface area contributed by atoms with Gasteiger partial charge in [0.15, 0.2) is 0 Å². The molecular weight excluding hydrogens is 336 g/mol. The predicted octanol–water partition coefficient (Wildman–Crippen LogP) is 4.42. The van der Waals surface area contributed by atoms with E-state index in [4.69, 9.17) is 0 Å². The summed E-state index contributed by atoms with van der Waals surface area (Å²) in [5, 5.41) is 3.30. The average Bonchev–Trinajstić information content (AvgIpc) is 2.64. The molecule has 0 fully saturated rings. The molecule has 0 atom stereocenters. The third kappa shape index (κ3) is 4.70. The Morgan fingerprint density at radius 1 is 1.00 bits per heavy atom. The topological polar surface area (TPSA) is 58.1 Å². The lowest BCUT2D eigenvalue weighted by molar-refractivity contribution is 0.0779. The van der Waals surface area contributed by atoms with Crippen LogP contribution >= 0.6 is 0 Å². The number of amides is 1. The highest BCUT2D eigenvalue weighted by Crippen LogP contribution is 2.21. The van der Waals surface area contributed by atoms with Crippen molar-refractivity contribution in [2.75, 3.05) is 12.4 Å². The van der Waals surface area contributed by atoms with Crippen LogP contribution in [0.1, 0.15) is 33.0 Å². The zero-order valence-electron chi connectivity index (χ0n) is 16.2. The van der Waals surface area contributed by atoms with Crippen LogP contribution in [-0.4, -0.2) is 27.8 Å². The van der Waals surface area contributed by atoms with Crippen LogP contribution in [0.2, 0.25) is 0 Å². The molecule has 0 saturated carbocycles. The fraction of sp³-hybridized carbons (Fsp3) is 0.227. The van der Waals surface area contributed by atoms with Gasteiger partial charge in [0.2, 0.25) is 0 Å². The summed E-state index contributed by atoms with van der Waals surface area (Å²) < 4.78 is 0. The Hall–Kier alpha value is -3.21. The minimum absolute atomic E-state index is 0.131. The molecule has 1 aromatic heterocycles. The molecule has 5 nitrogen and oxygen atoms in total. The summed E-state index contributed by atoms with van der Waals surface area (Å²) in [7, 11) is 1.78. The van der Waals surface area contributed by atoms with Crippen molar-refractivity contribution in [3.8, 4) is 0 Å². The van der Waals surface area contributed by atoms with E-state index < -0.39 is 0 Å². The van der Waals surface area contributed by atoms with Crippen molar-refractivity contribution in [1.82, 2.24) is 14.9 Å². The summed E-state index contributed by atoms with van der Waals surface area (Å²) >= 11 is 0. The van der Waals surface area contributed by atoms with Gasteiger partial charge in [-0.05, 0) is 38.0 Å². The van der Waals surface area contributed by atoms with E-state index in [9.17, 15) is 4.79 Å². The smallest absolute Gasteiger partial charge is 0.272 e. The number of carbonyl (C=O) groups excluding carboxylic acids is 1. The Kier molecular flexibility index (Phi) is 5.50.